The molecule has 5 heteroatoms. The van der Waals surface area contributed by atoms with E-state index >= 15 is 0 Å². The summed E-state index contributed by atoms with van der Waals surface area (Å²) in [5.41, 5.74) is 1.87. The van der Waals surface area contributed by atoms with E-state index in [0.717, 1.165) is 16.9 Å². The van der Waals surface area contributed by atoms with Crippen LogP contribution in [0.1, 0.15) is 0 Å². The third kappa shape index (κ3) is 1.84. The van der Waals surface area contributed by atoms with Gasteiger partial charge in [0.15, 0.2) is 0 Å². The minimum atomic E-state index is 0.532. The van der Waals surface area contributed by atoms with Gasteiger partial charge < -0.3 is 9.47 Å². The van der Waals surface area contributed by atoms with Gasteiger partial charge in [-0.15, -0.1) is 0 Å². The van der Waals surface area contributed by atoms with Crippen molar-refractivity contribution in [3.05, 3.63) is 24.7 Å². The van der Waals surface area contributed by atoms with Crippen molar-refractivity contribution in [2.45, 2.75) is 0 Å². The summed E-state index contributed by atoms with van der Waals surface area (Å²) in [5, 5.41) is 4.11. The van der Waals surface area contributed by atoms with E-state index in [-0.39, 0.29) is 0 Å². The van der Waals surface area contributed by atoms with Crippen LogP contribution in [0.2, 0.25) is 0 Å². The van der Waals surface area contributed by atoms with Crippen LogP contribution in [0.3, 0.4) is 0 Å². The van der Waals surface area contributed by atoms with Crippen molar-refractivity contribution in [3.63, 3.8) is 0 Å². The second kappa shape index (κ2) is 4.22. The highest BCUT2D eigenvalue weighted by atomic mass is 16.5. The van der Waals surface area contributed by atoms with Crippen molar-refractivity contribution in [1.82, 2.24) is 14.8 Å². The van der Waals surface area contributed by atoms with E-state index in [2.05, 4.69) is 10.1 Å². The lowest BCUT2D eigenvalue weighted by Crippen LogP contribution is -1.92. The van der Waals surface area contributed by atoms with Crippen LogP contribution >= 0.6 is 0 Å². The molecule has 0 saturated heterocycles. The average Bonchev–Trinajstić information content (AvgIpc) is 2.74. The first kappa shape index (κ1) is 10.5. The lowest BCUT2D eigenvalue weighted by Gasteiger charge is -2.07. The molecular weight excluding hydrogens is 206 g/mol. The summed E-state index contributed by atoms with van der Waals surface area (Å²) in [5.74, 6) is 1.25. The van der Waals surface area contributed by atoms with Gasteiger partial charge in [0.2, 0.25) is 5.88 Å². The van der Waals surface area contributed by atoms with Crippen molar-refractivity contribution in [1.29, 1.82) is 0 Å². The third-order valence-electron chi connectivity index (χ3n) is 2.29. The van der Waals surface area contributed by atoms with E-state index in [0.29, 0.717) is 5.88 Å². The average molecular weight is 219 g/mol. The molecular formula is C11H13N3O2. The molecule has 0 amide bonds. The van der Waals surface area contributed by atoms with Gasteiger partial charge in [-0.25, -0.2) is 4.98 Å². The fourth-order valence-corrected chi connectivity index (χ4v) is 1.48. The largest absolute Gasteiger partial charge is 0.496 e. The first-order valence-corrected chi connectivity index (χ1v) is 4.81. The first-order valence-electron chi connectivity index (χ1n) is 4.81. The maximum Gasteiger partial charge on any atom is 0.216 e. The number of hydrogen-bond acceptors (Lipinski definition) is 4. The van der Waals surface area contributed by atoms with Gasteiger partial charge in [-0.3, -0.25) is 4.68 Å². The number of aryl methyl sites for hydroxylation is 1. The highest BCUT2D eigenvalue weighted by Gasteiger charge is 2.09. The highest BCUT2D eigenvalue weighted by Crippen LogP contribution is 2.30. The van der Waals surface area contributed by atoms with Crippen molar-refractivity contribution < 1.29 is 9.47 Å². The molecule has 0 N–H and O–H groups in total. The van der Waals surface area contributed by atoms with Crippen LogP contribution in [0.25, 0.3) is 11.1 Å². The van der Waals surface area contributed by atoms with Crippen molar-refractivity contribution in [2.24, 2.45) is 7.05 Å². The van der Waals surface area contributed by atoms with Crippen LogP contribution in [0, 0.1) is 0 Å². The SMILES string of the molecule is COc1cc(OC)c(-c2cnn(C)c2)cn1. The Bertz CT molecular complexity index is 494. The molecule has 2 aromatic rings. The van der Waals surface area contributed by atoms with Gasteiger partial charge in [-0.05, 0) is 0 Å². The molecule has 0 radical (unpaired) electrons. The van der Waals surface area contributed by atoms with E-state index in [1.165, 1.54) is 0 Å². The summed E-state index contributed by atoms with van der Waals surface area (Å²) in [6.07, 6.45) is 5.40. The number of nitrogens with zero attached hydrogens (tertiary/aromatic N) is 3. The maximum atomic E-state index is 5.29. The topological polar surface area (TPSA) is 49.2 Å². The van der Waals surface area contributed by atoms with Gasteiger partial charge in [0.05, 0.1) is 20.4 Å². The van der Waals surface area contributed by atoms with E-state index in [1.54, 1.807) is 37.4 Å². The summed E-state index contributed by atoms with van der Waals surface area (Å²) in [7, 11) is 5.06. The minimum Gasteiger partial charge on any atom is -0.496 e. The highest BCUT2D eigenvalue weighted by molar-refractivity contribution is 5.68. The molecule has 0 aliphatic rings. The number of hydrogen-bond donors (Lipinski definition) is 0. The summed E-state index contributed by atoms with van der Waals surface area (Å²) in [6.45, 7) is 0. The summed E-state index contributed by atoms with van der Waals surface area (Å²) in [4.78, 5) is 4.15. The summed E-state index contributed by atoms with van der Waals surface area (Å²) >= 11 is 0. The number of pyridine rings is 1. The van der Waals surface area contributed by atoms with Crippen LogP contribution in [-0.2, 0) is 7.05 Å². The number of rotatable bonds is 3. The molecule has 2 rings (SSSR count). The van der Waals surface area contributed by atoms with E-state index in [4.69, 9.17) is 9.47 Å². The molecule has 0 atom stereocenters. The Labute approximate surface area is 93.6 Å². The summed E-state index contributed by atoms with van der Waals surface area (Å²) in [6, 6.07) is 1.75. The van der Waals surface area contributed by atoms with Crippen LogP contribution in [0.15, 0.2) is 24.7 Å². The van der Waals surface area contributed by atoms with E-state index in [9.17, 15) is 0 Å². The van der Waals surface area contributed by atoms with Gasteiger partial charge >= 0.3 is 0 Å². The Kier molecular flexibility index (Phi) is 2.76. The predicted molar refractivity (Wildman–Crippen MR) is 59.5 cm³/mol. The molecule has 0 aromatic carbocycles. The van der Waals surface area contributed by atoms with Gasteiger partial charge in [-0.2, -0.15) is 5.10 Å². The fourth-order valence-electron chi connectivity index (χ4n) is 1.48. The van der Waals surface area contributed by atoms with Crippen molar-refractivity contribution >= 4 is 0 Å². The Morgan fingerprint density at radius 1 is 1.19 bits per heavy atom. The predicted octanol–water partition coefficient (Wildman–Crippen LogP) is 1.50. The first-order chi connectivity index (χ1) is 7.74. The standard InChI is InChI=1S/C11H13N3O2/c1-14-7-8(5-13-14)9-6-12-11(16-3)4-10(9)15-2/h4-7H,1-3H3. The molecule has 0 aliphatic carbocycles. The van der Waals surface area contributed by atoms with Crippen LogP contribution in [0.4, 0.5) is 0 Å². The molecule has 0 saturated carbocycles. The van der Waals surface area contributed by atoms with Crippen molar-refractivity contribution in [3.8, 4) is 22.8 Å². The van der Waals surface area contributed by atoms with Crippen LogP contribution < -0.4 is 9.47 Å². The zero-order valence-electron chi connectivity index (χ0n) is 9.47. The molecule has 0 bridgehead atoms. The molecule has 5 nitrogen and oxygen atoms in total. The van der Waals surface area contributed by atoms with E-state index < -0.39 is 0 Å². The molecule has 0 spiro atoms. The lowest BCUT2D eigenvalue weighted by atomic mass is 10.1. The Morgan fingerprint density at radius 3 is 2.56 bits per heavy atom. The van der Waals surface area contributed by atoms with Crippen LogP contribution in [-0.4, -0.2) is 29.0 Å². The lowest BCUT2D eigenvalue weighted by molar-refractivity contribution is 0.383. The Morgan fingerprint density at radius 2 is 2.00 bits per heavy atom. The number of aromatic nitrogens is 3. The van der Waals surface area contributed by atoms with E-state index in [1.807, 2.05) is 13.2 Å². The van der Waals surface area contributed by atoms with Gasteiger partial charge in [-0.1, -0.05) is 0 Å². The van der Waals surface area contributed by atoms with Gasteiger partial charge in [0, 0.05) is 36.6 Å². The molecule has 0 unspecified atom stereocenters. The Hall–Kier alpha value is -2.04. The normalized spacial score (nSPS) is 10.2. The van der Waals surface area contributed by atoms with Crippen molar-refractivity contribution in [2.75, 3.05) is 14.2 Å². The van der Waals surface area contributed by atoms with Crippen LogP contribution in [0.5, 0.6) is 11.6 Å². The molecule has 2 aromatic heterocycles. The smallest absolute Gasteiger partial charge is 0.216 e. The molecule has 0 aliphatic heterocycles. The molecule has 16 heavy (non-hydrogen) atoms. The maximum absolute atomic E-state index is 5.29. The third-order valence-corrected chi connectivity index (χ3v) is 2.29. The quantitative estimate of drug-likeness (QED) is 0.785. The fraction of sp³-hybridized carbons (Fsp3) is 0.273. The molecule has 84 valence electrons. The zero-order chi connectivity index (χ0) is 11.5. The minimum absolute atomic E-state index is 0.532. The Balaban J connectivity index is 2.48. The second-order valence-corrected chi connectivity index (χ2v) is 3.33. The number of methoxy groups -OCH3 is 2. The molecule has 2 heterocycles. The monoisotopic (exact) mass is 219 g/mol. The van der Waals surface area contributed by atoms with Gasteiger partial charge in [0.25, 0.3) is 0 Å². The van der Waals surface area contributed by atoms with Gasteiger partial charge in [0.1, 0.15) is 5.75 Å². The number of ether oxygens (including phenoxy) is 2. The summed E-state index contributed by atoms with van der Waals surface area (Å²) < 4.78 is 12.1. The zero-order valence-corrected chi connectivity index (χ0v) is 9.47. The molecule has 0 fully saturated rings. The second-order valence-electron chi connectivity index (χ2n) is 3.33.